The average Bonchev–Trinajstić information content (AvgIpc) is 2.31. The molecule has 10 heavy (non-hydrogen) atoms. The zero-order valence-corrected chi connectivity index (χ0v) is 6.85. The molecule has 0 aromatic carbocycles. The summed E-state index contributed by atoms with van der Waals surface area (Å²) in [6.07, 6.45) is 5.91. The normalized spacial score (nSPS) is 63.9. The SMILES string of the molecule is ClC1C2CC3CC(C2)C1C3. The van der Waals surface area contributed by atoms with Crippen molar-refractivity contribution < 1.29 is 0 Å². The molecule has 0 radical (unpaired) electrons. The quantitative estimate of drug-likeness (QED) is 0.473. The van der Waals surface area contributed by atoms with E-state index in [-0.39, 0.29) is 0 Å². The Balaban J connectivity index is 1.99. The molecule has 56 valence electrons. The molecule has 0 heterocycles. The van der Waals surface area contributed by atoms with Crippen molar-refractivity contribution in [2.24, 2.45) is 23.7 Å². The maximum Gasteiger partial charge on any atom is 0.0395 e. The Kier molecular flexibility index (Phi) is 1.01. The lowest BCUT2D eigenvalue weighted by atomic mass is 9.82. The second-order valence-electron chi connectivity index (χ2n) is 4.44. The second kappa shape index (κ2) is 1.72. The molecule has 4 saturated carbocycles. The van der Waals surface area contributed by atoms with E-state index in [0.717, 1.165) is 23.7 Å². The summed E-state index contributed by atoms with van der Waals surface area (Å²) in [5, 5.41) is 0.573. The lowest BCUT2D eigenvalue weighted by molar-refractivity contribution is 0.283. The maximum absolute atomic E-state index is 6.30. The number of rotatable bonds is 0. The van der Waals surface area contributed by atoms with E-state index in [4.69, 9.17) is 11.6 Å². The molecule has 5 atom stereocenters. The van der Waals surface area contributed by atoms with Crippen LogP contribution in [0.4, 0.5) is 0 Å². The maximum atomic E-state index is 6.30. The summed E-state index contributed by atoms with van der Waals surface area (Å²) in [6, 6.07) is 0. The van der Waals surface area contributed by atoms with E-state index in [1.54, 1.807) is 0 Å². The van der Waals surface area contributed by atoms with E-state index in [2.05, 4.69) is 0 Å². The zero-order chi connectivity index (χ0) is 6.72. The second-order valence-corrected chi connectivity index (χ2v) is 4.94. The number of halogens is 1. The predicted octanol–water partition coefficient (Wildman–Crippen LogP) is 2.66. The van der Waals surface area contributed by atoms with Crippen LogP contribution in [0.1, 0.15) is 25.7 Å². The van der Waals surface area contributed by atoms with E-state index in [1.807, 2.05) is 0 Å². The molecule has 1 heteroatoms. The summed E-state index contributed by atoms with van der Waals surface area (Å²) in [7, 11) is 0. The molecule has 0 N–H and O–H groups in total. The van der Waals surface area contributed by atoms with Gasteiger partial charge in [0.1, 0.15) is 0 Å². The van der Waals surface area contributed by atoms with Gasteiger partial charge in [0.25, 0.3) is 0 Å². The summed E-state index contributed by atoms with van der Waals surface area (Å²) >= 11 is 6.30. The molecule has 4 fully saturated rings. The van der Waals surface area contributed by atoms with Crippen LogP contribution in [0.15, 0.2) is 0 Å². The summed E-state index contributed by atoms with van der Waals surface area (Å²) < 4.78 is 0. The van der Waals surface area contributed by atoms with Gasteiger partial charge in [0.2, 0.25) is 0 Å². The molecule has 5 unspecified atom stereocenters. The van der Waals surface area contributed by atoms with E-state index in [1.165, 1.54) is 25.7 Å². The van der Waals surface area contributed by atoms with Crippen molar-refractivity contribution in [1.29, 1.82) is 0 Å². The number of hydrogen-bond donors (Lipinski definition) is 0. The zero-order valence-electron chi connectivity index (χ0n) is 6.09. The van der Waals surface area contributed by atoms with Gasteiger partial charge < -0.3 is 0 Å². The van der Waals surface area contributed by atoms with Gasteiger partial charge in [0.15, 0.2) is 0 Å². The Hall–Kier alpha value is 0.290. The Bertz CT molecular complexity index is 160. The number of hydrogen-bond acceptors (Lipinski definition) is 0. The van der Waals surface area contributed by atoms with Crippen LogP contribution >= 0.6 is 11.6 Å². The number of alkyl halides is 1. The fourth-order valence-electron chi connectivity index (χ4n) is 3.65. The fraction of sp³-hybridized carbons (Fsp3) is 1.00. The highest BCUT2D eigenvalue weighted by molar-refractivity contribution is 6.21. The minimum absolute atomic E-state index is 0.573. The van der Waals surface area contributed by atoms with Crippen molar-refractivity contribution in [3.63, 3.8) is 0 Å². The molecule has 0 aliphatic heterocycles. The van der Waals surface area contributed by atoms with Crippen molar-refractivity contribution in [3.8, 4) is 0 Å². The van der Waals surface area contributed by atoms with Crippen LogP contribution in [0.3, 0.4) is 0 Å². The molecule has 4 bridgehead atoms. The first-order valence-corrected chi connectivity index (χ1v) is 4.92. The Labute approximate surface area is 66.9 Å². The highest BCUT2D eigenvalue weighted by Crippen LogP contribution is 2.59. The third kappa shape index (κ3) is 0.550. The smallest absolute Gasteiger partial charge is 0.0395 e. The molecule has 0 spiro atoms. The van der Waals surface area contributed by atoms with E-state index in [9.17, 15) is 0 Å². The summed E-state index contributed by atoms with van der Waals surface area (Å²) in [4.78, 5) is 0. The van der Waals surface area contributed by atoms with Crippen molar-refractivity contribution in [2.75, 3.05) is 0 Å². The first kappa shape index (κ1) is 5.88. The molecule has 4 rings (SSSR count). The highest BCUT2D eigenvalue weighted by Gasteiger charge is 2.52. The van der Waals surface area contributed by atoms with Gasteiger partial charge in [-0.1, -0.05) is 0 Å². The summed E-state index contributed by atoms with van der Waals surface area (Å²) in [5.74, 6) is 3.99. The molecule has 0 saturated heterocycles. The van der Waals surface area contributed by atoms with Gasteiger partial charge in [-0.25, -0.2) is 0 Å². The molecule has 0 amide bonds. The van der Waals surface area contributed by atoms with Crippen LogP contribution in [0, 0.1) is 23.7 Å². The van der Waals surface area contributed by atoms with Crippen molar-refractivity contribution in [3.05, 3.63) is 0 Å². The Morgan fingerprint density at radius 3 is 2.40 bits per heavy atom. The topological polar surface area (TPSA) is 0 Å². The fourth-order valence-corrected chi connectivity index (χ4v) is 4.17. The monoisotopic (exact) mass is 156 g/mol. The minimum atomic E-state index is 0.573. The first-order valence-electron chi connectivity index (χ1n) is 4.48. The summed E-state index contributed by atoms with van der Waals surface area (Å²) in [5.41, 5.74) is 0. The predicted molar refractivity (Wildman–Crippen MR) is 42.1 cm³/mol. The van der Waals surface area contributed by atoms with Crippen LogP contribution in [-0.4, -0.2) is 5.38 Å². The van der Waals surface area contributed by atoms with Crippen molar-refractivity contribution >= 4 is 11.6 Å². The average molecular weight is 157 g/mol. The molecule has 0 aromatic rings. The van der Waals surface area contributed by atoms with E-state index < -0.39 is 0 Å². The lowest BCUT2D eigenvalue weighted by Gasteiger charge is -2.27. The van der Waals surface area contributed by atoms with Crippen molar-refractivity contribution in [1.82, 2.24) is 0 Å². The molecular formula is C9H13Cl. The van der Waals surface area contributed by atoms with Crippen LogP contribution < -0.4 is 0 Å². The molecule has 0 aromatic heterocycles. The molecule has 4 aliphatic carbocycles. The van der Waals surface area contributed by atoms with Gasteiger partial charge in [-0.2, -0.15) is 0 Å². The van der Waals surface area contributed by atoms with Gasteiger partial charge in [-0.3, -0.25) is 0 Å². The van der Waals surface area contributed by atoms with Gasteiger partial charge in [-0.05, 0) is 49.4 Å². The molecule has 4 aliphatic rings. The first-order chi connectivity index (χ1) is 4.84. The van der Waals surface area contributed by atoms with Gasteiger partial charge >= 0.3 is 0 Å². The van der Waals surface area contributed by atoms with Crippen LogP contribution in [0.25, 0.3) is 0 Å². The Morgan fingerprint density at radius 1 is 0.900 bits per heavy atom. The van der Waals surface area contributed by atoms with Gasteiger partial charge in [0.05, 0.1) is 0 Å². The highest BCUT2D eigenvalue weighted by atomic mass is 35.5. The third-order valence-electron chi connectivity index (χ3n) is 3.95. The molecule has 0 nitrogen and oxygen atoms in total. The van der Waals surface area contributed by atoms with Crippen LogP contribution in [-0.2, 0) is 0 Å². The van der Waals surface area contributed by atoms with Crippen LogP contribution in [0.2, 0.25) is 0 Å². The van der Waals surface area contributed by atoms with E-state index >= 15 is 0 Å². The van der Waals surface area contributed by atoms with Gasteiger partial charge in [0, 0.05) is 5.38 Å². The molecular weight excluding hydrogens is 144 g/mol. The van der Waals surface area contributed by atoms with E-state index in [0.29, 0.717) is 5.38 Å². The standard InChI is InChI=1S/C9H13Cl/c10-9-7-2-5-1-6(4-7)8(9)3-5/h5-9H,1-4H2. The van der Waals surface area contributed by atoms with Crippen LogP contribution in [0.5, 0.6) is 0 Å². The third-order valence-corrected chi connectivity index (χ3v) is 4.63. The summed E-state index contributed by atoms with van der Waals surface area (Å²) in [6.45, 7) is 0. The minimum Gasteiger partial charge on any atom is -0.122 e. The Morgan fingerprint density at radius 2 is 1.70 bits per heavy atom. The largest absolute Gasteiger partial charge is 0.122 e. The lowest BCUT2D eigenvalue weighted by Crippen LogP contribution is -2.22. The van der Waals surface area contributed by atoms with Gasteiger partial charge in [-0.15, -0.1) is 11.6 Å². The van der Waals surface area contributed by atoms with Crippen molar-refractivity contribution in [2.45, 2.75) is 31.1 Å².